The molecule has 0 aromatic heterocycles. The summed E-state index contributed by atoms with van der Waals surface area (Å²) in [5.41, 5.74) is -0.545. The minimum absolute atomic E-state index is 0.112. The molecule has 1 aliphatic rings. The van der Waals surface area contributed by atoms with Crippen LogP contribution in [-0.2, 0) is 14.4 Å². The minimum Gasteiger partial charge on any atom is -0.442 e. The SMILES string of the molecule is CC(C)(C)OC(=O)N1CCC(=O)CCO1. The minimum atomic E-state index is -0.545. The van der Waals surface area contributed by atoms with Gasteiger partial charge in [-0.25, -0.2) is 4.79 Å². The molecule has 5 heteroatoms. The lowest BCUT2D eigenvalue weighted by molar-refractivity contribution is -0.140. The van der Waals surface area contributed by atoms with Gasteiger partial charge >= 0.3 is 6.09 Å². The molecule has 1 fully saturated rings. The number of rotatable bonds is 0. The first kappa shape index (κ1) is 12.0. The van der Waals surface area contributed by atoms with E-state index in [-0.39, 0.29) is 18.9 Å². The molecule has 15 heavy (non-hydrogen) atoms. The molecule has 0 aromatic carbocycles. The average molecular weight is 215 g/mol. The third kappa shape index (κ3) is 4.29. The Hall–Kier alpha value is -1.10. The number of carbonyl (C=O) groups excluding carboxylic acids is 2. The summed E-state index contributed by atoms with van der Waals surface area (Å²) in [4.78, 5) is 27.7. The molecule has 0 radical (unpaired) electrons. The summed E-state index contributed by atoms with van der Waals surface area (Å²) in [6, 6.07) is 0. The van der Waals surface area contributed by atoms with Crippen LogP contribution < -0.4 is 0 Å². The summed E-state index contributed by atoms with van der Waals surface area (Å²) in [5, 5.41) is 1.12. The average Bonchev–Trinajstić information content (AvgIpc) is 2.26. The highest BCUT2D eigenvalue weighted by atomic mass is 16.7. The van der Waals surface area contributed by atoms with Gasteiger partial charge in [0, 0.05) is 12.8 Å². The van der Waals surface area contributed by atoms with E-state index < -0.39 is 11.7 Å². The van der Waals surface area contributed by atoms with Crippen LogP contribution in [0.4, 0.5) is 4.79 Å². The predicted molar refractivity (Wildman–Crippen MR) is 53.1 cm³/mol. The lowest BCUT2D eigenvalue weighted by Crippen LogP contribution is -2.36. The Morgan fingerprint density at radius 3 is 2.67 bits per heavy atom. The molecule has 0 saturated carbocycles. The second-order valence-electron chi connectivity index (χ2n) is 4.45. The maximum absolute atomic E-state index is 11.5. The Balaban J connectivity index is 2.49. The monoisotopic (exact) mass is 215 g/mol. The Morgan fingerprint density at radius 2 is 2.07 bits per heavy atom. The fourth-order valence-electron chi connectivity index (χ4n) is 1.14. The molecule has 86 valence electrons. The first-order valence-corrected chi connectivity index (χ1v) is 5.03. The van der Waals surface area contributed by atoms with Crippen molar-refractivity contribution in [2.75, 3.05) is 13.2 Å². The fourth-order valence-corrected chi connectivity index (χ4v) is 1.14. The third-order valence-corrected chi connectivity index (χ3v) is 1.82. The molecule has 1 amide bonds. The van der Waals surface area contributed by atoms with Crippen molar-refractivity contribution in [1.29, 1.82) is 0 Å². The summed E-state index contributed by atoms with van der Waals surface area (Å²) in [6.07, 6.45) is 0.163. The fraction of sp³-hybridized carbons (Fsp3) is 0.800. The lowest BCUT2D eigenvalue weighted by Gasteiger charge is -2.25. The Morgan fingerprint density at radius 1 is 1.40 bits per heavy atom. The highest BCUT2D eigenvalue weighted by molar-refractivity contribution is 5.79. The first-order chi connectivity index (χ1) is 6.88. The second-order valence-corrected chi connectivity index (χ2v) is 4.45. The summed E-state index contributed by atoms with van der Waals surface area (Å²) in [5.74, 6) is 0.112. The second kappa shape index (κ2) is 4.61. The maximum Gasteiger partial charge on any atom is 0.434 e. The van der Waals surface area contributed by atoms with Gasteiger partial charge in [0.25, 0.3) is 0 Å². The van der Waals surface area contributed by atoms with Crippen LogP contribution in [0, 0.1) is 0 Å². The van der Waals surface area contributed by atoms with Crippen LogP contribution in [0.2, 0.25) is 0 Å². The van der Waals surface area contributed by atoms with E-state index >= 15 is 0 Å². The molecule has 1 aliphatic heterocycles. The van der Waals surface area contributed by atoms with Crippen LogP contribution in [0.1, 0.15) is 33.6 Å². The van der Waals surface area contributed by atoms with E-state index in [0.29, 0.717) is 12.8 Å². The van der Waals surface area contributed by atoms with E-state index in [9.17, 15) is 9.59 Å². The summed E-state index contributed by atoms with van der Waals surface area (Å²) in [7, 11) is 0. The molecule has 0 N–H and O–H groups in total. The van der Waals surface area contributed by atoms with Gasteiger partial charge in [-0.05, 0) is 20.8 Å². The van der Waals surface area contributed by atoms with Crippen molar-refractivity contribution in [2.45, 2.75) is 39.2 Å². The van der Waals surface area contributed by atoms with Crippen LogP contribution in [0.5, 0.6) is 0 Å². The van der Waals surface area contributed by atoms with Gasteiger partial charge in [0.2, 0.25) is 0 Å². The quantitative estimate of drug-likeness (QED) is 0.614. The van der Waals surface area contributed by atoms with Crippen molar-refractivity contribution in [3.05, 3.63) is 0 Å². The molecular formula is C10H17NO4. The molecule has 1 saturated heterocycles. The number of nitrogens with zero attached hydrogens (tertiary/aromatic N) is 1. The first-order valence-electron chi connectivity index (χ1n) is 5.03. The van der Waals surface area contributed by atoms with Crippen molar-refractivity contribution in [2.24, 2.45) is 0 Å². The summed E-state index contributed by atoms with van der Waals surface area (Å²) >= 11 is 0. The molecule has 0 atom stereocenters. The van der Waals surface area contributed by atoms with Crippen LogP contribution in [0.25, 0.3) is 0 Å². The molecule has 5 nitrogen and oxygen atoms in total. The van der Waals surface area contributed by atoms with Gasteiger partial charge in [-0.1, -0.05) is 0 Å². The van der Waals surface area contributed by atoms with Gasteiger partial charge in [-0.3, -0.25) is 9.63 Å². The van der Waals surface area contributed by atoms with E-state index in [4.69, 9.17) is 9.57 Å². The number of carbonyl (C=O) groups is 2. The van der Waals surface area contributed by atoms with Crippen molar-refractivity contribution < 1.29 is 19.2 Å². The van der Waals surface area contributed by atoms with Crippen molar-refractivity contribution in [3.63, 3.8) is 0 Å². The molecule has 0 bridgehead atoms. The van der Waals surface area contributed by atoms with Crippen molar-refractivity contribution in [3.8, 4) is 0 Å². The van der Waals surface area contributed by atoms with Crippen LogP contribution in [-0.4, -0.2) is 35.7 Å². The Bertz CT molecular complexity index is 257. The number of amides is 1. The smallest absolute Gasteiger partial charge is 0.434 e. The van der Waals surface area contributed by atoms with Gasteiger partial charge in [0.05, 0.1) is 13.2 Å². The number of hydroxylamine groups is 2. The van der Waals surface area contributed by atoms with Gasteiger partial charge < -0.3 is 4.74 Å². The van der Waals surface area contributed by atoms with Crippen LogP contribution in [0.15, 0.2) is 0 Å². The molecule has 0 spiro atoms. The van der Waals surface area contributed by atoms with E-state index in [0.717, 1.165) is 5.06 Å². The highest BCUT2D eigenvalue weighted by Gasteiger charge is 2.25. The lowest BCUT2D eigenvalue weighted by atomic mass is 10.2. The van der Waals surface area contributed by atoms with E-state index in [2.05, 4.69) is 0 Å². The zero-order valence-electron chi connectivity index (χ0n) is 9.41. The highest BCUT2D eigenvalue weighted by Crippen LogP contribution is 2.12. The largest absolute Gasteiger partial charge is 0.442 e. The molecule has 1 rings (SSSR count). The number of ether oxygens (including phenoxy) is 1. The van der Waals surface area contributed by atoms with Crippen LogP contribution >= 0.6 is 0 Å². The van der Waals surface area contributed by atoms with Gasteiger partial charge in [-0.2, -0.15) is 5.06 Å². The Kier molecular flexibility index (Phi) is 3.68. The predicted octanol–water partition coefficient (Wildman–Crippen LogP) is 1.52. The van der Waals surface area contributed by atoms with E-state index in [1.54, 1.807) is 20.8 Å². The van der Waals surface area contributed by atoms with Gasteiger partial charge in [0.1, 0.15) is 11.4 Å². The molecule has 0 aromatic rings. The van der Waals surface area contributed by atoms with E-state index in [1.165, 1.54) is 0 Å². The number of hydrogen-bond acceptors (Lipinski definition) is 4. The molecule has 0 aliphatic carbocycles. The van der Waals surface area contributed by atoms with E-state index in [1.807, 2.05) is 0 Å². The normalized spacial score (nSPS) is 18.6. The molecule has 0 unspecified atom stereocenters. The summed E-state index contributed by atoms with van der Waals surface area (Å²) in [6.45, 7) is 5.88. The zero-order chi connectivity index (χ0) is 11.5. The standard InChI is InChI=1S/C10H17NO4/c1-10(2,3)15-9(13)11-6-4-8(12)5-7-14-11/h4-7H2,1-3H3. The van der Waals surface area contributed by atoms with Crippen molar-refractivity contribution >= 4 is 11.9 Å². The number of ketones is 1. The molecule has 1 heterocycles. The molecular weight excluding hydrogens is 198 g/mol. The summed E-state index contributed by atoms with van der Waals surface area (Å²) < 4.78 is 5.12. The number of Topliss-reactive ketones (excluding diaryl/α,β-unsaturated/α-hetero) is 1. The van der Waals surface area contributed by atoms with Gasteiger partial charge in [-0.15, -0.1) is 0 Å². The number of hydrogen-bond donors (Lipinski definition) is 0. The Labute approximate surface area is 89.3 Å². The van der Waals surface area contributed by atoms with Crippen LogP contribution in [0.3, 0.4) is 0 Å². The third-order valence-electron chi connectivity index (χ3n) is 1.82. The zero-order valence-corrected chi connectivity index (χ0v) is 9.41. The van der Waals surface area contributed by atoms with Crippen molar-refractivity contribution in [1.82, 2.24) is 5.06 Å². The maximum atomic E-state index is 11.5. The van der Waals surface area contributed by atoms with Gasteiger partial charge in [0.15, 0.2) is 0 Å². The topological polar surface area (TPSA) is 55.8 Å².